The van der Waals surface area contributed by atoms with Crippen molar-refractivity contribution in [2.45, 2.75) is 25.2 Å². The predicted octanol–water partition coefficient (Wildman–Crippen LogP) is 4.11. The summed E-state index contributed by atoms with van der Waals surface area (Å²) in [6, 6.07) is 8.06. The van der Waals surface area contributed by atoms with Crippen LogP contribution in [0.25, 0.3) is 10.9 Å². The second-order valence-corrected chi connectivity index (χ2v) is 4.70. The molecule has 2 nitrogen and oxygen atoms in total. The Morgan fingerprint density at radius 2 is 2.06 bits per heavy atom. The maximum absolute atomic E-state index is 6.00. The van der Waals surface area contributed by atoms with Crippen LogP contribution in [-0.4, -0.2) is 9.97 Å². The number of para-hydroxylation sites is 1. The zero-order valence-corrected chi connectivity index (χ0v) is 10.2. The predicted molar refractivity (Wildman–Crippen MR) is 70.3 cm³/mol. The Kier molecular flexibility index (Phi) is 2.81. The van der Waals surface area contributed by atoms with Crippen molar-refractivity contribution >= 4 is 22.5 Å². The molecule has 1 aromatic heterocycles. The Hall–Kier alpha value is -1.41. The number of benzene rings is 1. The highest BCUT2D eigenvalue weighted by atomic mass is 35.5. The first-order valence-electron chi connectivity index (χ1n) is 5.93. The van der Waals surface area contributed by atoms with E-state index >= 15 is 0 Å². The van der Waals surface area contributed by atoms with Gasteiger partial charge < -0.3 is 0 Å². The van der Waals surface area contributed by atoms with Crippen molar-refractivity contribution in [2.75, 3.05) is 0 Å². The van der Waals surface area contributed by atoms with Crippen molar-refractivity contribution in [2.24, 2.45) is 0 Å². The summed E-state index contributed by atoms with van der Waals surface area (Å²) in [7, 11) is 0. The summed E-state index contributed by atoms with van der Waals surface area (Å²) in [5.74, 6) is 0.383. The van der Waals surface area contributed by atoms with Crippen LogP contribution in [-0.2, 0) is 0 Å². The first-order chi connectivity index (χ1) is 8.34. The van der Waals surface area contributed by atoms with Gasteiger partial charge in [-0.05, 0) is 36.9 Å². The third-order valence-electron chi connectivity index (χ3n) is 3.21. The van der Waals surface area contributed by atoms with Crippen LogP contribution in [0.15, 0.2) is 36.4 Å². The molecule has 0 spiro atoms. The zero-order valence-electron chi connectivity index (χ0n) is 9.44. The van der Waals surface area contributed by atoms with Crippen LogP contribution in [0.2, 0.25) is 5.28 Å². The molecule has 1 aliphatic carbocycles. The maximum Gasteiger partial charge on any atom is 0.223 e. The number of hydrogen-bond donors (Lipinski definition) is 0. The molecule has 3 heteroatoms. The molecule has 2 aromatic rings. The number of halogens is 1. The fourth-order valence-electron chi connectivity index (χ4n) is 2.39. The molecule has 0 amide bonds. The topological polar surface area (TPSA) is 25.8 Å². The quantitative estimate of drug-likeness (QED) is 0.557. The van der Waals surface area contributed by atoms with Crippen LogP contribution in [0, 0.1) is 0 Å². The van der Waals surface area contributed by atoms with Crippen LogP contribution in [0.5, 0.6) is 0 Å². The lowest BCUT2D eigenvalue weighted by atomic mass is 9.91. The summed E-state index contributed by atoms with van der Waals surface area (Å²) >= 11 is 6.00. The SMILES string of the molecule is Clc1nc(C2C=CCCC2)c2ccccc2n1. The van der Waals surface area contributed by atoms with Crippen molar-refractivity contribution in [1.82, 2.24) is 9.97 Å². The summed E-state index contributed by atoms with van der Waals surface area (Å²) in [6.45, 7) is 0. The normalized spacial score (nSPS) is 19.7. The average molecular weight is 245 g/mol. The Morgan fingerprint density at radius 3 is 2.88 bits per heavy atom. The van der Waals surface area contributed by atoms with Gasteiger partial charge >= 0.3 is 0 Å². The van der Waals surface area contributed by atoms with Gasteiger partial charge in [0, 0.05) is 11.3 Å². The van der Waals surface area contributed by atoms with Gasteiger partial charge in [0.2, 0.25) is 5.28 Å². The first-order valence-corrected chi connectivity index (χ1v) is 6.31. The highest BCUT2D eigenvalue weighted by molar-refractivity contribution is 6.28. The second-order valence-electron chi connectivity index (χ2n) is 4.36. The van der Waals surface area contributed by atoms with Gasteiger partial charge in [-0.15, -0.1) is 0 Å². The van der Waals surface area contributed by atoms with E-state index in [9.17, 15) is 0 Å². The maximum atomic E-state index is 6.00. The minimum atomic E-state index is 0.345. The Morgan fingerprint density at radius 1 is 1.18 bits per heavy atom. The standard InChI is InChI=1S/C14H13ClN2/c15-14-16-12-9-5-4-8-11(12)13(17-14)10-6-2-1-3-7-10/h2,4-6,8-10H,1,3,7H2. The number of rotatable bonds is 1. The van der Waals surface area contributed by atoms with E-state index in [0.29, 0.717) is 11.2 Å². The van der Waals surface area contributed by atoms with Crippen molar-refractivity contribution in [3.05, 3.63) is 47.4 Å². The molecule has 17 heavy (non-hydrogen) atoms. The number of hydrogen-bond acceptors (Lipinski definition) is 2. The molecular formula is C14H13ClN2. The molecule has 1 atom stereocenters. The lowest BCUT2D eigenvalue weighted by Crippen LogP contribution is -2.04. The van der Waals surface area contributed by atoms with E-state index in [0.717, 1.165) is 23.0 Å². The summed E-state index contributed by atoms with van der Waals surface area (Å²) in [5, 5.41) is 1.46. The molecule has 0 radical (unpaired) electrons. The fraction of sp³-hybridized carbons (Fsp3) is 0.286. The van der Waals surface area contributed by atoms with Gasteiger partial charge in [0.15, 0.2) is 0 Å². The molecule has 0 bridgehead atoms. The molecule has 1 unspecified atom stereocenters. The van der Waals surface area contributed by atoms with Gasteiger partial charge in [-0.2, -0.15) is 0 Å². The van der Waals surface area contributed by atoms with Crippen LogP contribution >= 0.6 is 11.6 Å². The molecule has 1 aliphatic rings. The third kappa shape index (κ3) is 2.05. The molecule has 1 heterocycles. The Balaban J connectivity index is 2.20. The van der Waals surface area contributed by atoms with E-state index in [1.54, 1.807) is 0 Å². The van der Waals surface area contributed by atoms with Crippen LogP contribution < -0.4 is 0 Å². The van der Waals surface area contributed by atoms with E-state index in [1.165, 1.54) is 12.8 Å². The summed E-state index contributed by atoms with van der Waals surface area (Å²) in [6.07, 6.45) is 8.02. The zero-order chi connectivity index (χ0) is 11.7. The van der Waals surface area contributed by atoms with E-state index in [4.69, 9.17) is 11.6 Å². The van der Waals surface area contributed by atoms with Crippen LogP contribution in [0.4, 0.5) is 0 Å². The summed E-state index contributed by atoms with van der Waals surface area (Å²) in [4.78, 5) is 8.69. The van der Waals surface area contributed by atoms with E-state index < -0.39 is 0 Å². The van der Waals surface area contributed by atoms with Gasteiger partial charge in [-0.3, -0.25) is 0 Å². The van der Waals surface area contributed by atoms with Crippen molar-refractivity contribution in [1.29, 1.82) is 0 Å². The lowest BCUT2D eigenvalue weighted by molar-refractivity contribution is 0.644. The van der Waals surface area contributed by atoms with Crippen LogP contribution in [0.3, 0.4) is 0 Å². The monoisotopic (exact) mass is 244 g/mol. The third-order valence-corrected chi connectivity index (χ3v) is 3.38. The van der Waals surface area contributed by atoms with Gasteiger partial charge in [0.05, 0.1) is 11.2 Å². The Bertz CT molecular complexity index is 577. The molecule has 0 saturated heterocycles. The van der Waals surface area contributed by atoms with E-state index in [1.807, 2.05) is 18.2 Å². The highest BCUT2D eigenvalue weighted by Crippen LogP contribution is 2.31. The fourth-order valence-corrected chi connectivity index (χ4v) is 2.58. The van der Waals surface area contributed by atoms with Crippen molar-refractivity contribution in [3.63, 3.8) is 0 Å². The largest absolute Gasteiger partial charge is 0.223 e. The van der Waals surface area contributed by atoms with Crippen LogP contribution in [0.1, 0.15) is 30.9 Å². The number of aromatic nitrogens is 2. The molecule has 0 fully saturated rings. The minimum absolute atomic E-state index is 0.345. The average Bonchev–Trinajstić information content (AvgIpc) is 2.39. The molecule has 0 saturated carbocycles. The lowest BCUT2D eigenvalue weighted by Gasteiger charge is -2.17. The Labute approximate surface area is 105 Å². The molecule has 1 aromatic carbocycles. The molecular weight excluding hydrogens is 232 g/mol. The van der Waals surface area contributed by atoms with Crippen molar-refractivity contribution < 1.29 is 0 Å². The molecule has 0 N–H and O–H groups in total. The second kappa shape index (κ2) is 4.46. The first kappa shape index (κ1) is 10.7. The van der Waals surface area contributed by atoms with E-state index in [-0.39, 0.29) is 0 Å². The molecule has 0 aliphatic heterocycles. The van der Waals surface area contributed by atoms with Crippen molar-refractivity contribution in [3.8, 4) is 0 Å². The number of fused-ring (bicyclic) bond motifs is 1. The van der Waals surface area contributed by atoms with E-state index in [2.05, 4.69) is 28.2 Å². The smallest absolute Gasteiger partial charge is 0.222 e. The number of nitrogens with zero attached hydrogens (tertiary/aromatic N) is 2. The minimum Gasteiger partial charge on any atom is -0.222 e. The highest BCUT2D eigenvalue weighted by Gasteiger charge is 2.16. The summed E-state index contributed by atoms with van der Waals surface area (Å²) in [5.41, 5.74) is 2.00. The molecule has 86 valence electrons. The summed E-state index contributed by atoms with van der Waals surface area (Å²) < 4.78 is 0. The van der Waals surface area contributed by atoms with Gasteiger partial charge in [-0.25, -0.2) is 9.97 Å². The van der Waals surface area contributed by atoms with Gasteiger partial charge in [-0.1, -0.05) is 30.4 Å². The van der Waals surface area contributed by atoms with Gasteiger partial charge in [0.1, 0.15) is 0 Å². The molecule has 3 rings (SSSR count). The number of allylic oxidation sites excluding steroid dienone is 2. The van der Waals surface area contributed by atoms with Gasteiger partial charge in [0.25, 0.3) is 0 Å².